The predicted molar refractivity (Wildman–Crippen MR) is 178 cm³/mol. The van der Waals surface area contributed by atoms with Crippen LogP contribution in [-0.2, 0) is 16.1 Å². The van der Waals surface area contributed by atoms with E-state index in [4.69, 9.17) is 9.47 Å². The number of nitriles is 1. The summed E-state index contributed by atoms with van der Waals surface area (Å²) < 4.78 is 11.3. The number of rotatable bonds is 8. The maximum Gasteiger partial charge on any atom is 0.331 e. The number of nitrogens with one attached hydrogen (secondary N) is 2. The third-order valence-electron chi connectivity index (χ3n) is 8.67. The van der Waals surface area contributed by atoms with Gasteiger partial charge in [-0.15, -0.1) is 11.3 Å². The van der Waals surface area contributed by atoms with E-state index in [1.54, 1.807) is 33.4 Å². The highest BCUT2D eigenvalue weighted by molar-refractivity contribution is 7.19. The Morgan fingerprint density at radius 1 is 1.22 bits per heavy atom. The van der Waals surface area contributed by atoms with Crippen molar-refractivity contribution >= 4 is 50.6 Å². The van der Waals surface area contributed by atoms with Gasteiger partial charge in [-0.05, 0) is 61.7 Å². The molecule has 3 amide bonds. The van der Waals surface area contributed by atoms with Crippen molar-refractivity contribution in [1.82, 2.24) is 15.2 Å². The van der Waals surface area contributed by atoms with Crippen LogP contribution in [-0.4, -0.2) is 54.2 Å². The van der Waals surface area contributed by atoms with Crippen LogP contribution in [0.15, 0.2) is 72.4 Å². The number of aryl methyl sites for hydroxylation is 1. The smallest absolute Gasteiger partial charge is 0.331 e. The molecule has 0 unspecified atom stereocenters. The van der Waals surface area contributed by atoms with E-state index in [0.29, 0.717) is 38.6 Å². The summed E-state index contributed by atoms with van der Waals surface area (Å²) in [5.74, 6) is 1.21. The number of urea groups is 1. The molecule has 7 rings (SSSR count). The molecule has 3 aliphatic rings. The van der Waals surface area contributed by atoms with Gasteiger partial charge in [0.1, 0.15) is 28.0 Å². The highest BCUT2D eigenvalue weighted by atomic mass is 32.1. The third-order valence-corrected chi connectivity index (χ3v) is 9.77. The number of piperidine rings is 1. The molecule has 2 N–H and O–H groups in total. The molecule has 3 aliphatic heterocycles. The van der Waals surface area contributed by atoms with E-state index in [0.717, 1.165) is 56.3 Å². The number of carbonyl (C=O) groups excluding carboxylic acids is 2. The van der Waals surface area contributed by atoms with Crippen molar-refractivity contribution in [2.45, 2.75) is 39.3 Å². The van der Waals surface area contributed by atoms with Gasteiger partial charge in [-0.1, -0.05) is 31.2 Å². The fourth-order valence-electron chi connectivity index (χ4n) is 6.31. The van der Waals surface area contributed by atoms with Gasteiger partial charge in [-0.2, -0.15) is 5.26 Å². The third kappa shape index (κ3) is 5.71. The minimum absolute atomic E-state index is 0.0557. The SMILES string of the molecule is Cc1cc(Oc2ccccc2)ccc1N1C(=O)Nc2c(CN[C@@H]3CCCN(C(=O)/C(C#N)=C/C4(C)COC4)C3)sc3nccc1c23. The maximum atomic E-state index is 13.7. The Bertz CT molecular complexity index is 1890. The number of amides is 3. The largest absolute Gasteiger partial charge is 0.457 e. The second kappa shape index (κ2) is 12.2. The summed E-state index contributed by atoms with van der Waals surface area (Å²) in [5, 5.41) is 17.4. The minimum Gasteiger partial charge on any atom is -0.457 e. The number of thiophene rings is 1. The molecular weight excluding hydrogens is 600 g/mol. The van der Waals surface area contributed by atoms with Crippen LogP contribution in [0, 0.1) is 23.7 Å². The number of hydrogen-bond acceptors (Lipinski definition) is 8. The van der Waals surface area contributed by atoms with Gasteiger partial charge in [0.25, 0.3) is 5.91 Å². The number of benzene rings is 2. The molecule has 2 aromatic heterocycles. The Hall–Kier alpha value is -4.76. The first kappa shape index (κ1) is 29.9. The van der Waals surface area contributed by atoms with E-state index in [-0.39, 0.29) is 29.0 Å². The average molecular weight is 635 g/mol. The van der Waals surface area contributed by atoms with Crippen molar-refractivity contribution in [2.24, 2.45) is 5.41 Å². The Balaban J connectivity index is 1.08. The second-order valence-electron chi connectivity index (χ2n) is 12.3. The highest BCUT2D eigenvalue weighted by Crippen LogP contribution is 2.46. The summed E-state index contributed by atoms with van der Waals surface area (Å²) in [5.41, 5.74) is 3.13. The Labute approximate surface area is 271 Å². The zero-order valence-corrected chi connectivity index (χ0v) is 26.5. The van der Waals surface area contributed by atoms with Crippen LogP contribution in [0.25, 0.3) is 10.2 Å². The summed E-state index contributed by atoms with van der Waals surface area (Å²) in [6.07, 6.45) is 5.26. The quantitative estimate of drug-likeness (QED) is 0.165. The van der Waals surface area contributed by atoms with Gasteiger partial charge in [-0.25, -0.2) is 9.78 Å². The first-order valence-corrected chi connectivity index (χ1v) is 16.2. The number of likely N-dealkylation sites (tertiary alicyclic amines) is 1. The molecule has 0 spiro atoms. The van der Waals surface area contributed by atoms with Crippen LogP contribution < -0.4 is 20.3 Å². The Morgan fingerprint density at radius 2 is 2.04 bits per heavy atom. The van der Waals surface area contributed by atoms with Crippen molar-refractivity contribution in [3.63, 3.8) is 0 Å². The van der Waals surface area contributed by atoms with E-state index in [2.05, 4.69) is 21.7 Å². The first-order valence-electron chi connectivity index (χ1n) is 15.4. The van der Waals surface area contributed by atoms with Gasteiger partial charge >= 0.3 is 6.03 Å². The van der Waals surface area contributed by atoms with Crippen LogP contribution in [0.5, 0.6) is 11.5 Å². The van der Waals surface area contributed by atoms with Crippen LogP contribution >= 0.6 is 11.3 Å². The van der Waals surface area contributed by atoms with Crippen molar-refractivity contribution in [3.8, 4) is 17.6 Å². The molecule has 0 saturated carbocycles. The molecule has 1 atom stereocenters. The molecule has 0 bridgehead atoms. The molecule has 2 saturated heterocycles. The van der Waals surface area contributed by atoms with Crippen molar-refractivity contribution in [1.29, 1.82) is 5.26 Å². The van der Waals surface area contributed by atoms with Gasteiger partial charge in [0.2, 0.25) is 0 Å². The van der Waals surface area contributed by atoms with E-state index in [9.17, 15) is 14.9 Å². The van der Waals surface area contributed by atoms with Gasteiger partial charge < -0.3 is 25.0 Å². The minimum atomic E-state index is -0.261. The topological polar surface area (TPSA) is 120 Å². The van der Waals surface area contributed by atoms with E-state index in [1.807, 2.05) is 68.4 Å². The predicted octanol–water partition coefficient (Wildman–Crippen LogP) is 6.65. The lowest BCUT2D eigenvalue weighted by molar-refractivity contribution is -0.128. The van der Waals surface area contributed by atoms with Crippen molar-refractivity contribution < 1.29 is 19.1 Å². The molecule has 234 valence electrons. The van der Waals surface area contributed by atoms with Crippen LogP contribution in [0.3, 0.4) is 0 Å². The lowest BCUT2D eigenvalue weighted by atomic mass is 9.86. The number of para-hydroxylation sites is 1. The zero-order valence-electron chi connectivity index (χ0n) is 25.7. The molecule has 0 radical (unpaired) electrons. The van der Waals surface area contributed by atoms with E-state index >= 15 is 0 Å². The van der Waals surface area contributed by atoms with Crippen LogP contribution in [0.2, 0.25) is 0 Å². The van der Waals surface area contributed by atoms with E-state index < -0.39 is 0 Å². The van der Waals surface area contributed by atoms with Crippen LogP contribution in [0.1, 0.15) is 30.2 Å². The average Bonchev–Trinajstić information content (AvgIpc) is 3.41. The summed E-state index contributed by atoms with van der Waals surface area (Å²) in [6.45, 7) is 6.65. The van der Waals surface area contributed by atoms with Gasteiger partial charge in [0.15, 0.2) is 0 Å². The summed E-state index contributed by atoms with van der Waals surface area (Å²) in [7, 11) is 0. The van der Waals surface area contributed by atoms with Gasteiger partial charge in [-0.3, -0.25) is 9.69 Å². The number of pyridine rings is 1. The maximum absolute atomic E-state index is 13.7. The van der Waals surface area contributed by atoms with Crippen molar-refractivity contribution in [2.75, 3.05) is 36.5 Å². The fourth-order valence-corrected chi connectivity index (χ4v) is 7.37. The molecule has 10 nitrogen and oxygen atoms in total. The lowest BCUT2D eigenvalue weighted by Crippen LogP contribution is -2.48. The highest BCUT2D eigenvalue weighted by Gasteiger charge is 2.35. The van der Waals surface area contributed by atoms with Crippen LogP contribution in [0.4, 0.5) is 21.9 Å². The molecule has 46 heavy (non-hydrogen) atoms. The van der Waals surface area contributed by atoms with Gasteiger partial charge in [0, 0.05) is 42.2 Å². The summed E-state index contributed by atoms with van der Waals surface area (Å²) in [4.78, 5) is 36.8. The summed E-state index contributed by atoms with van der Waals surface area (Å²) >= 11 is 1.55. The summed E-state index contributed by atoms with van der Waals surface area (Å²) in [6, 6.07) is 19.1. The number of aromatic nitrogens is 1. The Kier molecular flexibility index (Phi) is 7.94. The number of carbonyl (C=O) groups is 2. The molecule has 4 aromatic rings. The van der Waals surface area contributed by atoms with Gasteiger partial charge in [0.05, 0.1) is 35.7 Å². The standard InChI is InChI=1S/C35H34N6O4S/c1-22-15-26(45-25-8-4-3-5-9-25)10-11-27(22)41-28-12-13-37-32-30(28)31(39-34(41)43)29(46-32)18-38-24-7-6-14-40(19-24)33(42)23(17-36)16-35(2)20-44-21-35/h3-5,8-13,15-16,24,38H,6-7,14,18-21H2,1-2H3,(H,39,43)/b23-16+/t24-/m1/s1. The molecule has 5 heterocycles. The molecule has 11 heteroatoms. The fraction of sp³-hybridized carbons (Fsp3) is 0.314. The monoisotopic (exact) mass is 634 g/mol. The normalized spacial score (nSPS) is 18.9. The molecule has 2 fully saturated rings. The molecule has 0 aliphatic carbocycles. The molecular formula is C35H34N6O4S. The van der Waals surface area contributed by atoms with E-state index in [1.165, 1.54) is 0 Å². The lowest BCUT2D eigenvalue weighted by Gasteiger charge is -2.36. The second-order valence-corrected chi connectivity index (χ2v) is 13.4. The first-order chi connectivity index (χ1) is 22.3. The molecule has 2 aromatic carbocycles. The van der Waals surface area contributed by atoms with Crippen molar-refractivity contribution in [3.05, 3.63) is 82.9 Å². The Morgan fingerprint density at radius 3 is 2.78 bits per heavy atom. The number of nitrogens with zero attached hydrogens (tertiary/aromatic N) is 4. The number of hydrogen-bond donors (Lipinski definition) is 2. The zero-order chi connectivity index (χ0) is 31.8. The number of ether oxygens (including phenoxy) is 2. The number of anilines is 3.